The number of ether oxygens (including phenoxy) is 2. The molecule has 2 aliphatic rings. The number of para-hydroxylation sites is 1. The van der Waals surface area contributed by atoms with Crippen LogP contribution in [0.25, 0.3) is 5.70 Å². The molecule has 1 amide bonds. The second-order valence-corrected chi connectivity index (χ2v) is 7.97. The second kappa shape index (κ2) is 8.79. The fourth-order valence-electron chi connectivity index (χ4n) is 3.45. The smallest absolute Gasteiger partial charge is 0.276 e. The summed E-state index contributed by atoms with van der Waals surface area (Å²) in [4.78, 5) is 18.0. The predicted octanol–water partition coefficient (Wildman–Crippen LogP) is 2.38. The zero-order valence-corrected chi connectivity index (χ0v) is 18.0. The number of thioether (sulfide) groups is 1. The summed E-state index contributed by atoms with van der Waals surface area (Å²) in [6, 6.07) is 13.2. The number of carbonyl (C=O) groups excluding carboxylic acids is 1. The van der Waals surface area contributed by atoms with E-state index in [0.717, 1.165) is 34.7 Å². The number of hydrazone groups is 1. The molecule has 0 aromatic heterocycles. The average molecular weight is 425 g/mol. The Hall–Kier alpha value is -3.00. The molecule has 1 N–H and O–H groups in total. The lowest BCUT2D eigenvalue weighted by Crippen LogP contribution is -2.50. The first-order valence-corrected chi connectivity index (χ1v) is 10.9. The number of hydrogen-bond donors (Lipinski definition) is 1. The number of amides is 1. The number of nitrogens with one attached hydrogen (secondary N) is 1. The maximum Gasteiger partial charge on any atom is 0.276 e. The Balaban J connectivity index is 1.88. The van der Waals surface area contributed by atoms with Gasteiger partial charge in [0.05, 0.1) is 19.6 Å². The molecule has 30 heavy (non-hydrogen) atoms. The zero-order chi connectivity index (χ0) is 21.1. The number of carbonyl (C=O) groups is 1. The summed E-state index contributed by atoms with van der Waals surface area (Å²) in [6.07, 6.45) is 1.59. The number of nitrogens with zero attached hydrogens (tertiary/aromatic N) is 3. The summed E-state index contributed by atoms with van der Waals surface area (Å²) in [7, 11) is 3.23. The van der Waals surface area contributed by atoms with Crippen molar-refractivity contribution in [1.29, 1.82) is 0 Å². The van der Waals surface area contributed by atoms with Gasteiger partial charge >= 0.3 is 0 Å². The van der Waals surface area contributed by atoms with E-state index in [1.54, 1.807) is 31.0 Å². The third-order valence-electron chi connectivity index (χ3n) is 4.97. The standard InChI is InChI=1S/C22H24N4O3S/c1-4-5-12-30-22-24-21(27)19-15-8-6-7-9-17(15)23-20(26(19)25-22)16-13-14(28-2)10-11-18(16)29-3/h6-11,13,20H,4-5,12H2,1-3H3,(H,24,25,27)/t20-/m0/s1. The number of rotatable bonds is 6. The highest BCUT2D eigenvalue weighted by Crippen LogP contribution is 2.37. The predicted molar refractivity (Wildman–Crippen MR) is 118 cm³/mol. The molecular formula is C22H24N4O3S. The molecule has 0 saturated heterocycles. The zero-order valence-electron chi connectivity index (χ0n) is 17.2. The lowest BCUT2D eigenvalue weighted by Gasteiger charge is -2.34. The number of benzene rings is 2. The van der Waals surface area contributed by atoms with Crippen molar-refractivity contribution in [2.24, 2.45) is 10.1 Å². The van der Waals surface area contributed by atoms with Crippen LogP contribution in [0.1, 0.15) is 31.5 Å². The molecule has 156 valence electrons. The van der Waals surface area contributed by atoms with Crippen LogP contribution in [0.15, 0.2) is 52.6 Å². The Kier molecular flexibility index (Phi) is 5.94. The van der Waals surface area contributed by atoms with Crippen molar-refractivity contribution in [3.05, 3.63) is 58.6 Å². The maximum atomic E-state index is 13.1. The molecule has 4 rings (SSSR count). The largest absolute Gasteiger partial charge is 0.497 e. The number of methoxy groups -OCH3 is 2. The van der Waals surface area contributed by atoms with Crippen molar-refractivity contribution in [3.8, 4) is 11.5 Å². The van der Waals surface area contributed by atoms with E-state index in [2.05, 4.69) is 12.2 Å². The minimum absolute atomic E-state index is 0.182. The van der Waals surface area contributed by atoms with Gasteiger partial charge in [-0.1, -0.05) is 43.3 Å². The van der Waals surface area contributed by atoms with Crippen LogP contribution in [0.3, 0.4) is 0 Å². The highest BCUT2D eigenvalue weighted by molar-refractivity contribution is 8.13. The van der Waals surface area contributed by atoms with Gasteiger partial charge in [0, 0.05) is 16.5 Å². The van der Waals surface area contributed by atoms with Crippen molar-refractivity contribution < 1.29 is 14.3 Å². The third kappa shape index (κ3) is 3.75. The third-order valence-corrected chi connectivity index (χ3v) is 5.92. The maximum absolute atomic E-state index is 13.1. The number of amidine groups is 1. The van der Waals surface area contributed by atoms with Crippen LogP contribution in [-0.2, 0) is 4.79 Å². The van der Waals surface area contributed by atoms with Crippen LogP contribution >= 0.6 is 11.8 Å². The van der Waals surface area contributed by atoms with Crippen molar-refractivity contribution in [1.82, 2.24) is 10.3 Å². The van der Waals surface area contributed by atoms with E-state index in [0.29, 0.717) is 22.4 Å². The highest BCUT2D eigenvalue weighted by atomic mass is 32.2. The highest BCUT2D eigenvalue weighted by Gasteiger charge is 2.35. The molecule has 0 bridgehead atoms. The Bertz CT molecular complexity index is 1120. The SMILES string of the molecule is CCCCSC1=NN2C(=c3ccccc3=N[C@@H]2c2cc(OC)ccc2OC)C(=O)N1. The first-order valence-electron chi connectivity index (χ1n) is 9.87. The number of hydrogen-bond acceptors (Lipinski definition) is 7. The van der Waals surface area contributed by atoms with Crippen LogP contribution in [0.2, 0.25) is 0 Å². The normalized spacial score (nSPS) is 17.4. The molecule has 8 heteroatoms. The van der Waals surface area contributed by atoms with Gasteiger partial charge in [-0.2, -0.15) is 0 Å². The first kappa shape index (κ1) is 20.3. The van der Waals surface area contributed by atoms with Gasteiger partial charge < -0.3 is 9.47 Å². The molecule has 2 heterocycles. The van der Waals surface area contributed by atoms with Gasteiger partial charge in [0.25, 0.3) is 5.91 Å². The average Bonchev–Trinajstić information content (AvgIpc) is 2.78. The molecule has 0 fully saturated rings. The Morgan fingerprint density at radius 2 is 2.00 bits per heavy atom. The fourth-order valence-corrected chi connectivity index (χ4v) is 4.39. The van der Waals surface area contributed by atoms with E-state index in [1.807, 2.05) is 42.5 Å². The number of unbranched alkanes of at least 4 members (excludes halogenated alkanes) is 1. The molecule has 7 nitrogen and oxygen atoms in total. The van der Waals surface area contributed by atoms with E-state index in [4.69, 9.17) is 19.6 Å². The molecule has 0 aliphatic carbocycles. The van der Waals surface area contributed by atoms with Crippen LogP contribution in [0, 0.1) is 0 Å². The molecule has 0 saturated carbocycles. The first-order chi connectivity index (χ1) is 14.7. The van der Waals surface area contributed by atoms with Gasteiger partial charge in [-0.15, -0.1) is 5.10 Å². The lowest BCUT2D eigenvalue weighted by molar-refractivity contribution is -0.116. The monoisotopic (exact) mass is 424 g/mol. The van der Waals surface area contributed by atoms with Gasteiger partial charge in [-0.3, -0.25) is 15.1 Å². The van der Waals surface area contributed by atoms with Crippen LogP contribution in [-0.4, -0.2) is 36.1 Å². The summed E-state index contributed by atoms with van der Waals surface area (Å²) < 4.78 is 11.0. The van der Waals surface area contributed by atoms with Gasteiger partial charge in [0.2, 0.25) is 0 Å². The molecule has 0 radical (unpaired) electrons. The molecule has 0 unspecified atom stereocenters. The van der Waals surface area contributed by atoms with Crippen molar-refractivity contribution >= 4 is 28.5 Å². The Morgan fingerprint density at radius 3 is 2.77 bits per heavy atom. The van der Waals surface area contributed by atoms with Crippen LogP contribution in [0.5, 0.6) is 11.5 Å². The van der Waals surface area contributed by atoms with Crippen LogP contribution < -0.4 is 25.4 Å². The van der Waals surface area contributed by atoms with Gasteiger partial charge in [-0.05, 0) is 30.7 Å². The Morgan fingerprint density at radius 1 is 1.17 bits per heavy atom. The van der Waals surface area contributed by atoms with E-state index in [9.17, 15) is 4.79 Å². The quantitative estimate of drug-likeness (QED) is 0.721. The lowest BCUT2D eigenvalue weighted by atomic mass is 10.1. The summed E-state index contributed by atoms with van der Waals surface area (Å²) in [5.74, 6) is 2.05. The Labute approximate surface area is 179 Å². The van der Waals surface area contributed by atoms with Crippen molar-refractivity contribution in [2.75, 3.05) is 20.0 Å². The number of fused-ring (bicyclic) bond motifs is 2. The van der Waals surface area contributed by atoms with Gasteiger partial charge in [-0.25, -0.2) is 5.01 Å². The fraction of sp³-hybridized carbons (Fsp3) is 0.318. The summed E-state index contributed by atoms with van der Waals surface area (Å²) in [6.45, 7) is 2.14. The van der Waals surface area contributed by atoms with E-state index in [1.165, 1.54) is 0 Å². The summed E-state index contributed by atoms with van der Waals surface area (Å²) >= 11 is 1.54. The topological polar surface area (TPSA) is 75.5 Å². The molecule has 2 aliphatic heterocycles. The van der Waals surface area contributed by atoms with Gasteiger partial charge in [0.15, 0.2) is 11.3 Å². The van der Waals surface area contributed by atoms with E-state index in [-0.39, 0.29) is 5.91 Å². The van der Waals surface area contributed by atoms with Crippen molar-refractivity contribution in [3.63, 3.8) is 0 Å². The molecule has 2 aromatic rings. The minimum atomic E-state index is -0.548. The minimum Gasteiger partial charge on any atom is -0.497 e. The second-order valence-electron chi connectivity index (χ2n) is 6.88. The molecule has 0 spiro atoms. The van der Waals surface area contributed by atoms with Crippen molar-refractivity contribution in [2.45, 2.75) is 25.9 Å². The van der Waals surface area contributed by atoms with Crippen LogP contribution in [0.4, 0.5) is 0 Å². The summed E-state index contributed by atoms with van der Waals surface area (Å²) in [5.41, 5.74) is 1.26. The molecule has 1 atom stereocenters. The molecular weight excluding hydrogens is 400 g/mol. The summed E-state index contributed by atoms with van der Waals surface area (Å²) in [5, 5.41) is 11.5. The van der Waals surface area contributed by atoms with E-state index >= 15 is 0 Å². The molecule has 2 aromatic carbocycles. The van der Waals surface area contributed by atoms with Gasteiger partial charge in [0.1, 0.15) is 17.2 Å². The van der Waals surface area contributed by atoms with E-state index < -0.39 is 6.17 Å².